The highest BCUT2D eigenvalue weighted by Crippen LogP contribution is 2.13. The standard InChI is InChI=1S/C7H9N5OS/c1-4-2-9-5(14-4)3-10-7-12-11-6(8)13-7/h2H,3H2,1H3,(H2,8,11)(H,10,12). The topological polar surface area (TPSA) is 89.9 Å². The van der Waals surface area contributed by atoms with Crippen molar-refractivity contribution >= 4 is 23.4 Å². The average Bonchev–Trinajstić information content (AvgIpc) is 2.72. The summed E-state index contributed by atoms with van der Waals surface area (Å²) >= 11 is 1.62. The molecule has 2 aromatic heterocycles. The number of nitrogens with zero attached hydrogens (tertiary/aromatic N) is 3. The van der Waals surface area contributed by atoms with E-state index in [0.717, 1.165) is 5.01 Å². The van der Waals surface area contributed by atoms with E-state index in [2.05, 4.69) is 20.5 Å². The highest BCUT2D eigenvalue weighted by atomic mass is 32.1. The van der Waals surface area contributed by atoms with Crippen LogP contribution in [0.4, 0.5) is 12.0 Å². The number of aryl methyl sites for hydroxylation is 1. The number of nitrogens with two attached hydrogens (primary N) is 1. The number of rotatable bonds is 3. The van der Waals surface area contributed by atoms with Crippen LogP contribution in [-0.4, -0.2) is 15.2 Å². The van der Waals surface area contributed by atoms with Gasteiger partial charge in [0.1, 0.15) is 5.01 Å². The Kier molecular flexibility index (Phi) is 2.32. The number of aromatic nitrogens is 3. The Morgan fingerprint density at radius 2 is 2.43 bits per heavy atom. The number of nitrogen functional groups attached to an aromatic ring is 1. The molecule has 0 fully saturated rings. The van der Waals surface area contributed by atoms with Crippen molar-refractivity contribution in [1.82, 2.24) is 15.2 Å². The van der Waals surface area contributed by atoms with Crippen LogP contribution in [0.25, 0.3) is 0 Å². The second kappa shape index (κ2) is 3.62. The zero-order valence-corrected chi connectivity index (χ0v) is 8.34. The fourth-order valence-corrected chi connectivity index (χ4v) is 1.67. The monoisotopic (exact) mass is 211 g/mol. The highest BCUT2D eigenvalue weighted by Gasteiger charge is 2.03. The van der Waals surface area contributed by atoms with Crippen molar-refractivity contribution in [2.45, 2.75) is 13.5 Å². The lowest BCUT2D eigenvalue weighted by atomic mass is 10.6. The minimum Gasteiger partial charge on any atom is -0.390 e. The quantitative estimate of drug-likeness (QED) is 0.788. The lowest BCUT2D eigenvalue weighted by Crippen LogP contribution is -1.98. The summed E-state index contributed by atoms with van der Waals surface area (Å²) in [4.78, 5) is 5.35. The second-order valence-corrected chi connectivity index (χ2v) is 3.98. The predicted octanol–water partition coefficient (Wildman–Crippen LogP) is 1.03. The zero-order chi connectivity index (χ0) is 9.97. The van der Waals surface area contributed by atoms with E-state index in [-0.39, 0.29) is 6.01 Å². The summed E-state index contributed by atoms with van der Waals surface area (Å²) in [5.41, 5.74) is 5.26. The van der Waals surface area contributed by atoms with Crippen molar-refractivity contribution in [1.29, 1.82) is 0 Å². The van der Waals surface area contributed by atoms with Crippen molar-refractivity contribution in [3.8, 4) is 0 Å². The molecule has 3 N–H and O–H groups in total. The van der Waals surface area contributed by atoms with E-state index in [1.807, 2.05) is 13.1 Å². The molecule has 0 saturated heterocycles. The summed E-state index contributed by atoms with van der Waals surface area (Å²) in [7, 11) is 0. The fraction of sp³-hybridized carbons (Fsp3) is 0.286. The molecule has 0 saturated carbocycles. The summed E-state index contributed by atoms with van der Waals surface area (Å²) in [6, 6.07) is 0.373. The molecule has 0 aliphatic carbocycles. The number of anilines is 2. The number of hydrogen-bond acceptors (Lipinski definition) is 7. The highest BCUT2D eigenvalue weighted by molar-refractivity contribution is 7.11. The third-order valence-electron chi connectivity index (χ3n) is 1.50. The summed E-state index contributed by atoms with van der Waals surface area (Å²) < 4.78 is 4.93. The van der Waals surface area contributed by atoms with Gasteiger partial charge in [0, 0.05) is 11.1 Å². The molecule has 0 aliphatic heterocycles. The molecule has 0 amide bonds. The van der Waals surface area contributed by atoms with Gasteiger partial charge in [-0.2, -0.15) is 0 Å². The van der Waals surface area contributed by atoms with E-state index in [0.29, 0.717) is 12.6 Å². The largest absolute Gasteiger partial charge is 0.390 e. The molecule has 0 bridgehead atoms. The smallest absolute Gasteiger partial charge is 0.317 e. The van der Waals surface area contributed by atoms with Crippen LogP contribution in [0, 0.1) is 6.92 Å². The lowest BCUT2D eigenvalue weighted by Gasteiger charge is -1.95. The lowest BCUT2D eigenvalue weighted by molar-refractivity contribution is 0.586. The number of nitrogens with one attached hydrogen (secondary N) is 1. The molecule has 0 spiro atoms. The molecule has 2 rings (SSSR count). The second-order valence-electron chi connectivity index (χ2n) is 2.66. The normalized spacial score (nSPS) is 10.4. The van der Waals surface area contributed by atoms with Crippen molar-refractivity contribution in [3.63, 3.8) is 0 Å². The summed E-state index contributed by atoms with van der Waals surface area (Å²) in [6.45, 7) is 2.58. The van der Waals surface area contributed by atoms with Crippen LogP contribution in [0.15, 0.2) is 10.6 Å². The van der Waals surface area contributed by atoms with E-state index in [9.17, 15) is 0 Å². The third-order valence-corrected chi connectivity index (χ3v) is 2.41. The van der Waals surface area contributed by atoms with Crippen molar-refractivity contribution in [3.05, 3.63) is 16.1 Å². The van der Waals surface area contributed by atoms with Crippen LogP contribution < -0.4 is 11.1 Å². The average molecular weight is 211 g/mol. The zero-order valence-electron chi connectivity index (χ0n) is 7.52. The van der Waals surface area contributed by atoms with E-state index in [1.54, 1.807) is 11.3 Å². The molecule has 14 heavy (non-hydrogen) atoms. The van der Waals surface area contributed by atoms with Crippen LogP contribution in [-0.2, 0) is 6.54 Å². The Bertz CT molecular complexity index is 383. The van der Waals surface area contributed by atoms with Crippen molar-refractivity contribution in [2.24, 2.45) is 0 Å². The van der Waals surface area contributed by atoms with Gasteiger partial charge < -0.3 is 15.5 Å². The molecule has 0 atom stereocenters. The molecular formula is C7H9N5OS. The summed E-state index contributed by atoms with van der Waals surface area (Å²) in [5, 5.41) is 11.1. The molecule has 0 aliphatic rings. The Morgan fingerprint density at radius 3 is 3.00 bits per heavy atom. The van der Waals surface area contributed by atoms with E-state index in [1.165, 1.54) is 4.88 Å². The molecule has 0 radical (unpaired) electrons. The van der Waals surface area contributed by atoms with E-state index in [4.69, 9.17) is 10.2 Å². The minimum atomic E-state index is 0.0582. The Morgan fingerprint density at radius 1 is 1.57 bits per heavy atom. The van der Waals surface area contributed by atoms with E-state index < -0.39 is 0 Å². The molecule has 6 nitrogen and oxygen atoms in total. The van der Waals surface area contributed by atoms with Crippen LogP contribution in [0.1, 0.15) is 9.88 Å². The Balaban J connectivity index is 1.94. The maximum atomic E-state index is 5.26. The maximum Gasteiger partial charge on any atom is 0.317 e. The maximum absolute atomic E-state index is 5.26. The minimum absolute atomic E-state index is 0.0582. The number of hydrogen-bond donors (Lipinski definition) is 2. The van der Waals surface area contributed by atoms with Gasteiger partial charge >= 0.3 is 12.0 Å². The molecule has 2 heterocycles. The van der Waals surface area contributed by atoms with Gasteiger partial charge in [-0.25, -0.2) is 4.98 Å². The van der Waals surface area contributed by atoms with Crippen molar-refractivity contribution in [2.75, 3.05) is 11.1 Å². The summed E-state index contributed by atoms with van der Waals surface area (Å²) in [6.07, 6.45) is 1.82. The molecule has 0 unspecified atom stereocenters. The van der Waals surface area contributed by atoms with Gasteiger partial charge in [-0.1, -0.05) is 10.2 Å². The first kappa shape index (κ1) is 8.95. The predicted molar refractivity (Wildman–Crippen MR) is 52.9 cm³/mol. The Labute approximate surface area is 84.2 Å². The first-order valence-corrected chi connectivity index (χ1v) is 4.80. The molecule has 7 heteroatoms. The van der Waals surface area contributed by atoms with Crippen molar-refractivity contribution < 1.29 is 4.42 Å². The first-order chi connectivity index (χ1) is 6.74. The van der Waals surface area contributed by atoms with E-state index >= 15 is 0 Å². The van der Waals surface area contributed by atoms with Gasteiger partial charge in [0.15, 0.2) is 0 Å². The first-order valence-electron chi connectivity index (χ1n) is 3.98. The molecule has 2 aromatic rings. The number of thiazole rings is 1. The van der Waals surface area contributed by atoms with Crippen LogP contribution >= 0.6 is 11.3 Å². The van der Waals surface area contributed by atoms with Gasteiger partial charge in [-0.15, -0.1) is 11.3 Å². The van der Waals surface area contributed by atoms with Gasteiger partial charge in [0.05, 0.1) is 6.54 Å². The molecule has 0 aromatic carbocycles. The van der Waals surface area contributed by atoms with Gasteiger partial charge in [-0.3, -0.25) is 0 Å². The van der Waals surface area contributed by atoms with Gasteiger partial charge in [0.25, 0.3) is 0 Å². The summed E-state index contributed by atoms with van der Waals surface area (Å²) in [5.74, 6) is 0. The van der Waals surface area contributed by atoms with Gasteiger partial charge in [-0.05, 0) is 6.92 Å². The molecule has 74 valence electrons. The van der Waals surface area contributed by atoms with Crippen LogP contribution in [0.2, 0.25) is 0 Å². The third kappa shape index (κ3) is 1.99. The molecular weight excluding hydrogens is 202 g/mol. The van der Waals surface area contributed by atoms with Crippen LogP contribution in [0.3, 0.4) is 0 Å². The van der Waals surface area contributed by atoms with Crippen LogP contribution in [0.5, 0.6) is 0 Å². The fourth-order valence-electron chi connectivity index (χ4n) is 0.940. The Hall–Kier alpha value is -1.63. The van der Waals surface area contributed by atoms with Gasteiger partial charge in [0.2, 0.25) is 0 Å². The SMILES string of the molecule is Cc1cnc(CNc2nnc(N)o2)s1.